The van der Waals surface area contributed by atoms with Gasteiger partial charge >= 0.3 is 0 Å². The first-order valence-corrected chi connectivity index (χ1v) is 9.04. The largest absolute Gasteiger partial charge is 0.455 e. The zero-order valence-electron chi connectivity index (χ0n) is 14.6. The lowest BCUT2D eigenvalue weighted by Crippen LogP contribution is -2.30. The number of rotatable bonds is 9. The van der Waals surface area contributed by atoms with E-state index >= 15 is 0 Å². The second kappa shape index (κ2) is 9.73. The summed E-state index contributed by atoms with van der Waals surface area (Å²) in [5, 5.41) is 2.95. The molecule has 5 heteroatoms. The van der Waals surface area contributed by atoms with Crippen molar-refractivity contribution in [2.24, 2.45) is 0 Å². The lowest BCUT2D eigenvalue weighted by Gasteiger charge is -2.25. The Morgan fingerprint density at radius 3 is 2.65 bits per heavy atom. The summed E-state index contributed by atoms with van der Waals surface area (Å²) in [6.07, 6.45) is 4.83. The summed E-state index contributed by atoms with van der Waals surface area (Å²) in [4.78, 5) is 16.9. The van der Waals surface area contributed by atoms with Gasteiger partial charge in [0.15, 0.2) is 5.76 Å². The van der Waals surface area contributed by atoms with Crippen LogP contribution in [0.4, 0.5) is 0 Å². The Labute approximate surface area is 140 Å². The summed E-state index contributed by atoms with van der Waals surface area (Å²) in [6, 6.07) is 3.72. The number of hydrogen-bond donors (Lipinski definition) is 1. The topological polar surface area (TPSA) is 48.7 Å². The number of furan rings is 1. The lowest BCUT2D eigenvalue weighted by molar-refractivity contribution is 0.0919. The van der Waals surface area contributed by atoms with Gasteiger partial charge in [-0.25, -0.2) is 0 Å². The molecule has 0 aromatic carbocycles. The number of amides is 1. The number of carbonyl (C=O) groups is 1. The highest BCUT2D eigenvalue weighted by atomic mass is 16.4. The molecule has 2 rings (SSSR count). The van der Waals surface area contributed by atoms with E-state index in [9.17, 15) is 4.79 Å². The van der Waals surface area contributed by atoms with E-state index in [2.05, 4.69) is 29.0 Å². The molecular formula is C18H31N3O2. The molecule has 2 heterocycles. The number of carbonyl (C=O) groups excluding carboxylic acids is 1. The fraction of sp³-hybridized carbons (Fsp3) is 0.722. The maximum Gasteiger partial charge on any atom is 0.286 e. The zero-order valence-corrected chi connectivity index (χ0v) is 14.6. The molecule has 0 aliphatic carbocycles. The second-order valence-electron chi connectivity index (χ2n) is 6.24. The van der Waals surface area contributed by atoms with Crippen LogP contribution >= 0.6 is 0 Å². The molecule has 23 heavy (non-hydrogen) atoms. The van der Waals surface area contributed by atoms with E-state index in [0.717, 1.165) is 51.4 Å². The van der Waals surface area contributed by atoms with Crippen LogP contribution in [-0.4, -0.2) is 55.0 Å². The van der Waals surface area contributed by atoms with Crippen molar-refractivity contribution in [3.63, 3.8) is 0 Å². The fourth-order valence-corrected chi connectivity index (χ4v) is 3.05. The summed E-state index contributed by atoms with van der Waals surface area (Å²) in [5.41, 5.74) is 0. The van der Waals surface area contributed by atoms with Crippen LogP contribution in [0.25, 0.3) is 0 Å². The number of nitrogens with one attached hydrogen (secondary N) is 1. The molecule has 130 valence electrons. The first-order valence-electron chi connectivity index (χ1n) is 9.04. The Hall–Kier alpha value is -1.33. The van der Waals surface area contributed by atoms with Gasteiger partial charge in [0.2, 0.25) is 0 Å². The van der Waals surface area contributed by atoms with Crippen LogP contribution in [0.5, 0.6) is 0 Å². The Morgan fingerprint density at radius 1 is 1.22 bits per heavy atom. The Morgan fingerprint density at radius 2 is 1.96 bits per heavy atom. The molecule has 0 spiro atoms. The van der Waals surface area contributed by atoms with E-state index in [1.807, 2.05) is 6.07 Å². The molecule has 5 nitrogen and oxygen atoms in total. The van der Waals surface area contributed by atoms with Gasteiger partial charge in [0.25, 0.3) is 5.91 Å². The quantitative estimate of drug-likeness (QED) is 0.711. The fourth-order valence-electron chi connectivity index (χ4n) is 3.05. The first kappa shape index (κ1) is 18.0. The van der Waals surface area contributed by atoms with Crippen LogP contribution in [0.15, 0.2) is 16.5 Å². The zero-order chi connectivity index (χ0) is 16.5. The number of likely N-dealkylation sites (tertiary alicyclic amines) is 1. The van der Waals surface area contributed by atoms with Crippen LogP contribution in [0.3, 0.4) is 0 Å². The third-order valence-corrected chi connectivity index (χ3v) is 4.54. The third-order valence-electron chi connectivity index (χ3n) is 4.54. The van der Waals surface area contributed by atoms with Crippen molar-refractivity contribution in [3.05, 3.63) is 23.7 Å². The molecule has 0 bridgehead atoms. The Bertz CT molecular complexity index is 463. The van der Waals surface area contributed by atoms with E-state index in [4.69, 9.17) is 4.42 Å². The summed E-state index contributed by atoms with van der Waals surface area (Å²) >= 11 is 0. The van der Waals surface area contributed by atoms with Crippen molar-refractivity contribution in [1.82, 2.24) is 15.1 Å². The van der Waals surface area contributed by atoms with Crippen molar-refractivity contribution < 1.29 is 9.21 Å². The molecule has 0 unspecified atom stereocenters. The van der Waals surface area contributed by atoms with Gasteiger partial charge in [-0.1, -0.05) is 20.3 Å². The Kier molecular flexibility index (Phi) is 7.62. The smallest absolute Gasteiger partial charge is 0.286 e. The predicted molar refractivity (Wildman–Crippen MR) is 92.6 cm³/mol. The SMILES string of the molecule is CCN(CC)CCCNC(=O)c1ccc(CN2CCCCC2)o1. The van der Waals surface area contributed by atoms with Crippen molar-refractivity contribution in [2.45, 2.75) is 46.1 Å². The summed E-state index contributed by atoms with van der Waals surface area (Å²) in [5.74, 6) is 1.22. The summed E-state index contributed by atoms with van der Waals surface area (Å²) in [6.45, 7) is 11.2. The molecule has 1 fully saturated rings. The van der Waals surface area contributed by atoms with E-state index in [1.165, 1.54) is 19.3 Å². The van der Waals surface area contributed by atoms with E-state index in [-0.39, 0.29) is 5.91 Å². The molecule has 1 N–H and O–H groups in total. The van der Waals surface area contributed by atoms with Crippen molar-refractivity contribution in [3.8, 4) is 0 Å². The van der Waals surface area contributed by atoms with Crippen molar-refractivity contribution >= 4 is 5.91 Å². The average Bonchev–Trinajstić information content (AvgIpc) is 3.04. The Balaban J connectivity index is 1.70. The van der Waals surface area contributed by atoms with E-state index in [1.54, 1.807) is 6.07 Å². The van der Waals surface area contributed by atoms with Gasteiger partial charge in [-0.3, -0.25) is 9.69 Å². The van der Waals surface area contributed by atoms with Gasteiger partial charge in [0.1, 0.15) is 5.76 Å². The van der Waals surface area contributed by atoms with Crippen molar-refractivity contribution in [1.29, 1.82) is 0 Å². The minimum absolute atomic E-state index is 0.102. The lowest BCUT2D eigenvalue weighted by atomic mass is 10.1. The molecular weight excluding hydrogens is 290 g/mol. The van der Waals surface area contributed by atoms with Crippen LogP contribution < -0.4 is 5.32 Å². The molecule has 0 atom stereocenters. The van der Waals surface area contributed by atoms with Gasteiger partial charge < -0.3 is 14.6 Å². The summed E-state index contributed by atoms with van der Waals surface area (Å²) < 4.78 is 5.70. The number of nitrogens with zero attached hydrogens (tertiary/aromatic N) is 2. The van der Waals surface area contributed by atoms with Gasteiger partial charge in [-0.05, 0) is 64.1 Å². The monoisotopic (exact) mass is 321 g/mol. The molecule has 1 aromatic rings. The highest BCUT2D eigenvalue weighted by Gasteiger charge is 2.15. The molecule has 0 saturated carbocycles. The highest BCUT2D eigenvalue weighted by molar-refractivity contribution is 5.91. The second-order valence-corrected chi connectivity index (χ2v) is 6.24. The molecule has 1 aliphatic rings. The molecule has 1 saturated heterocycles. The predicted octanol–water partition coefficient (Wildman–Crippen LogP) is 2.73. The van der Waals surface area contributed by atoms with Gasteiger partial charge in [0.05, 0.1) is 6.54 Å². The number of piperidine rings is 1. The molecule has 0 radical (unpaired) electrons. The van der Waals surface area contributed by atoms with Gasteiger partial charge in [-0.2, -0.15) is 0 Å². The third kappa shape index (κ3) is 5.99. The molecule has 1 aromatic heterocycles. The maximum atomic E-state index is 12.1. The van der Waals surface area contributed by atoms with Crippen molar-refractivity contribution in [2.75, 3.05) is 39.3 Å². The van der Waals surface area contributed by atoms with Crippen LogP contribution in [0.1, 0.15) is 55.8 Å². The van der Waals surface area contributed by atoms with Gasteiger partial charge in [0, 0.05) is 6.54 Å². The first-order chi connectivity index (χ1) is 11.2. The van der Waals surface area contributed by atoms with Gasteiger partial charge in [-0.15, -0.1) is 0 Å². The van der Waals surface area contributed by atoms with Crippen LogP contribution in [0, 0.1) is 0 Å². The summed E-state index contributed by atoms with van der Waals surface area (Å²) in [7, 11) is 0. The highest BCUT2D eigenvalue weighted by Crippen LogP contribution is 2.15. The normalized spacial score (nSPS) is 16.0. The average molecular weight is 321 g/mol. The standard InChI is InChI=1S/C18H31N3O2/c1-3-20(4-2)14-8-11-19-18(22)17-10-9-16(23-17)15-21-12-6-5-7-13-21/h9-10H,3-8,11-15H2,1-2H3,(H,19,22). The minimum Gasteiger partial charge on any atom is -0.455 e. The van der Waals surface area contributed by atoms with E-state index in [0.29, 0.717) is 12.3 Å². The molecule has 1 aliphatic heterocycles. The van der Waals surface area contributed by atoms with Crippen LogP contribution in [-0.2, 0) is 6.54 Å². The van der Waals surface area contributed by atoms with Crippen LogP contribution in [0.2, 0.25) is 0 Å². The molecule has 1 amide bonds. The maximum absolute atomic E-state index is 12.1. The number of hydrogen-bond acceptors (Lipinski definition) is 4. The minimum atomic E-state index is -0.102. The van der Waals surface area contributed by atoms with E-state index < -0.39 is 0 Å².